The maximum atomic E-state index is 12.7. The van der Waals surface area contributed by atoms with E-state index in [4.69, 9.17) is 4.74 Å². The molecule has 2 heterocycles. The Morgan fingerprint density at radius 1 is 1.16 bits per heavy atom. The van der Waals surface area contributed by atoms with Gasteiger partial charge in [-0.25, -0.2) is 0 Å². The van der Waals surface area contributed by atoms with Crippen molar-refractivity contribution in [2.45, 2.75) is 0 Å². The summed E-state index contributed by atoms with van der Waals surface area (Å²) in [4.78, 5) is 16.3. The van der Waals surface area contributed by atoms with E-state index in [0.717, 1.165) is 33.7 Å². The Hall–Kier alpha value is -3.19. The predicted molar refractivity (Wildman–Crippen MR) is 98.1 cm³/mol. The molecule has 0 saturated heterocycles. The lowest BCUT2D eigenvalue weighted by molar-refractivity contribution is 0.103. The number of carbonyl (C=O) groups excluding carboxylic acids is 1. The van der Waals surface area contributed by atoms with Crippen LogP contribution in [0.25, 0.3) is 22.2 Å². The van der Waals surface area contributed by atoms with Gasteiger partial charge in [0.1, 0.15) is 16.3 Å². The van der Waals surface area contributed by atoms with E-state index in [1.165, 1.54) is 0 Å². The molecule has 0 aliphatic carbocycles. The summed E-state index contributed by atoms with van der Waals surface area (Å²) >= 11 is 1.07. The number of nitrogens with one attached hydrogen (secondary N) is 2. The van der Waals surface area contributed by atoms with Crippen molar-refractivity contribution in [3.63, 3.8) is 0 Å². The highest BCUT2D eigenvalue weighted by Crippen LogP contribution is 2.27. The molecule has 0 unspecified atom stereocenters. The molecule has 0 atom stereocenters. The van der Waals surface area contributed by atoms with Gasteiger partial charge in [0.05, 0.1) is 7.11 Å². The van der Waals surface area contributed by atoms with E-state index in [1.807, 2.05) is 54.7 Å². The third-order valence-corrected chi connectivity index (χ3v) is 4.60. The Labute approximate surface area is 147 Å². The largest absolute Gasteiger partial charge is 0.497 e. The molecule has 4 aromatic rings. The lowest BCUT2D eigenvalue weighted by Gasteiger charge is -2.06. The Morgan fingerprint density at radius 2 is 2.00 bits per heavy atom. The maximum Gasteiger partial charge on any atom is 0.269 e. The number of aromatic amines is 1. The smallest absolute Gasteiger partial charge is 0.269 e. The summed E-state index contributed by atoms with van der Waals surface area (Å²) in [5, 5.41) is 8.11. The van der Waals surface area contributed by atoms with Crippen LogP contribution in [-0.2, 0) is 0 Å². The summed E-state index contributed by atoms with van der Waals surface area (Å²) in [5.74, 6) is 0.518. The average molecular weight is 350 g/mol. The zero-order chi connectivity index (χ0) is 17.2. The van der Waals surface area contributed by atoms with Crippen LogP contribution in [0.2, 0.25) is 0 Å². The molecular formula is C18H14N4O2S. The normalized spacial score (nSPS) is 10.8. The summed E-state index contributed by atoms with van der Waals surface area (Å²) in [7, 11) is 1.61. The molecule has 2 aromatic carbocycles. The molecular weight excluding hydrogens is 336 g/mol. The number of hydrogen-bond acceptors (Lipinski definition) is 5. The molecule has 0 bridgehead atoms. The fraction of sp³-hybridized carbons (Fsp3) is 0.0556. The number of rotatable bonds is 4. The van der Waals surface area contributed by atoms with Crippen LogP contribution in [0.3, 0.4) is 0 Å². The van der Waals surface area contributed by atoms with E-state index in [0.29, 0.717) is 16.3 Å². The number of ether oxygens (including phenoxy) is 1. The number of hydrogen-bond donors (Lipinski definition) is 2. The van der Waals surface area contributed by atoms with Crippen LogP contribution in [0, 0.1) is 0 Å². The molecule has 124 valence electrons. The number of H-pyrrole nitrogens is 1. The highest BCUT2D eigenvalue weighted by atomic mass is 32.1. The van der Waals surface area contributed by atoms with E-state index in [1.54, 1.807) is 7.11 Å². The lowest BCUT2D eigenvalue weighted by atomic mass is 10.1. The number of methoxy groups -OCH3 is 1. The van der Waals surface area contributed by atoms with Crippen molar-refractivity contribution in [1.82, 2.24) is 14.6 Å². The quantitative estimate of drug-likeness (QED) is 0.584. The number of amides is 1. The molecule has 6 nitrogen and oxygen atoms in total. The third-order valence-electron chi connectivity index (χ3n) is 3.87. The van der Waals surface area contributed by atoms with Gasteiger partial charge in [0.25, 0.3) is 5.91 Å². The molecule has 0 fully saturated rings. The van der Waals surface area contributed by atoms with Gasteiger partial charge in [-0.1, -0.05) is 10.6 Å². The van der Waals surface area contributed by atoms with Gasteiger partial charge in [-0.2, -0.15) is 0 Å². The summed E-state index contributed by atoms with van der Waals surface area (Å²) < 4.78 is 9.09. The second kappa shape index (κ2) is 6.37. The first-order valence-electron chi connectivity index (χ1n) is 7.60. The summed E-state index contributed by atoms with van der Waals surface area (Å²) in [6.07, 6.45) is 1.87. The van der Waals surface area contributed by atoms with E-state index < -0.39 is 0 Å². The predicted octanol–water partition coefficient (Wildman–Crippen LogP) is 3.95. The second-order valence-electron chi connectivity index (χ2n) is 5.41. The van der Waals surface area contributed by atoms with Gasteiger partial charge in [0, 0.05) is 23.0 Å². The fourth-order valence-electron chi connectivity index (χ4n) is 2.59. The summed E-state index contributed by atoms with van der Waals surface area (Å²) in [5.41, 5.74) is 3.07. The monoisotopic (exact) mass is 350 g/mol. The molecule has 0 aliphatic rings. The summed E-state index contributed by atoms with van der Waals surface area (Å²) in [6, 6.07) is 15.1. The van der Waals surface area contributed by atoms with Crippen molar-refractivity contribution >= 4 is 34.0 Å². The van der Waals surface area contributed by atoms with E-state index in [-0.39, 0.29) is 5.91 Å². The fourth-order valence-corrected chi connectivity index (χ4v) is 3.17. The van der Waals surface area contributed by atoms with E-state index in [9.17, 15) is 4.79 Å². The first-order valence-corrected chi connectivity index (χ1v) is 8.37. The Balaban J connectivity index is 1.61. The lowest BCUT2D eigenvalue weighted by Crippen LogP contribution is -2.11. The van der Waals surface area contributed by atoms with E-state index in [2.05, 4.69) is 19.9 Å². The average Bonchev–Trinajstić information content (AvgIpc) is 3.30. The molecule has 25 heavy (non-hydrogen) atoms. The molecule has 0 spiro atoms. The van der Waals surface area contributed by atoms with Crippen LogP contribution in [0.1, 0.15) is 9.67 Å². The van der Waals surface area contributed by atoms with Crippen LogP contribution >= 0.6 is 11.5 Å². The topological polar surface area (TPSA) is 79.9 Å². The first-order chi connectivity index (χ1) is 12.2. The van der Waals surface area contributed by atoms with Crippen LogP contribution in [0.4, 0.5) is 5.69 Å². The van der Waals surface area contributed by atoms with Crippen molar-refractivity contribution in [3.05, 3.63) is 59.6 Å². The third kappa shape index (κ3) is 2.97. The number of carbonyl (C=O) groups is 1. The highest BCUT2D eigenvalue weighted by Gasteiger charge is 2.18. The summed E-state index contributed by atoms with van der Waals surface area (Å²) in [6.45, 7) is 0. The number of nitrogens with zero attached hydrogens (tertiary/aromatic N) is 2. The zero-order valence-corrected chi connectivity index (χ0v) is 14.1. The minimum Gasteiger partial charge on any atom is -0.497 e. The maximum absolute atomic E-state index is 12.7. The number of fused-ring (bicyclic) bond motifs is 1. The van der Waals surface area contributed by atoms with Gasteiger partial charge < -0.3 is 15.0 Å². The van der Waals surface area contributed by atoms with Crippen LogP contribution in [0.5, 0.6) is 5.75 Å². The standard InChI is InChI=1S/C18H14N4O2S/c1-24-14-6-3-12(4-7-14)16-17(25-22-21-16)18(23)20-13-5-2-11-8-9-19-15(11)10-13/h2-10,19H,1H3,(H,20,23). The molecule has 2 aromatic heterocycles. The zero-order valence-electron chi connectivity index (χ0n) is 13.3. The van der Waals surface area contributed by atoms with Crippen molar-refractivity contribution in [2.75, 3.05) is 12.4 Å². The molecule has 0 radical (unpaired) electrons. The van der Waals surface area contributed by atoms with Gasteiger partial charge in [0.2, 0.25) is 0 Å². The van der Waals surface area contributed by atoms with Crippen LogP contribution in [-0.4, -0.2) is 27.6 Å². The Kier molecular flexibility index (Phi) is 3.91. The van der Waals surface area contributed by atoms with Gasteiger partial charge in [-0.15, -0.1) is 5.10 Å². The SMILES string of the molecule is COc1ccc(-c2nnsc2C(=O)Nc2ccc3cc[nH]c3c2)cc1. The molecule has 1 amide bonds. The van der Waals surface area contributed by atoms with E-state index >= 15 is 0 Å². The van der Waals surface area contributed by atoms with Crippen molar-refractivity contribution in [1.29, 1.82) is 0 Å². The molecule has 2 N–H and O–H groups in total. The van der Waals surface area contributed by atoms with Gasteiger partial charge in [-0.05, 0) is 59.4 Å². The second-order valence-corrected chi connectivity index (χ2v) is 6.17. The first kappa shape index (κ1) is 15.3. The van der Waals surface area contributed by atoms with Crippen LogP contribution < -0.4 is 10.1 Å². The van der Waals surface area contributed by atoms with Crippen molar-refractivity contribution < 1.29 is 9.53 Å². The minimum atomic E-state index is -0.230. The number of anilines is 1. The molecule has 7 heteroatoms. The molecule has 0 aliphatic heterocycles. The van der Waals surface area contributed by atoms with Crippen LogP contribution in [0.15, 0.2) is 54.7 Å². The van der Waals surface area contributed by atoms with Gasteiger partial charge >= 0.3 is 0 Å². The minimum absolute atomic E-state index is 0.230. The number of aromatic nitrogens is 3. The Bertz CT molecular complexity index is 1040. The van der Waals surface area contributed by atoms with Crippen molar-refractivity contribution in [2.24, 2.45) is 0 Å². The Morgan fingerprint density at radius 3 is 2.80 bits per heavy atom. The van der Waals surface area contributed by atoms with Gasteiger partial charge in [0.15, 0.2) is 0 Å². The molecule has 4 rings (SSSR count). The van der Waals surface area contributed by atoms with Gasteiger partial charge in [-0.3, -0.25) is 4.79 Å². The van der Waals surface area contributed by atoms with Crippen molar-refractivity contribution in [3.8, 4) is 17.0 Å². The highest BCUT2D eigenvalue weighted by molar-refractivity contribution is 7.08. The molecule has 0 saturated carbocycles. The number of benzene rings is 2.